The number of rotatable bonds is 3. The summed E-state index contributed by atoms with van der Waals surface area (Å²) in [7, 11) is 0. The molecule has 3 nitrogen and oxygen atoms in total. The monoisotopic (exact) mass is 312 g/mol. The first-order valence-corrected chi connectivity index (χ1v) is 6.43. The maximum atomic E-state index is 13.3. The highest BCUT2D eigenvalue weighted by Gasteiger charge is 2.35. The largest absolute Gasteiger partial charge is 0.419 e. The topological polar surface area (TPSA) is 33.2 Å². The molecule has 0 saturated heterocycles. The number of amides is 1. The lowest BCUT2D eigenvalue weighted by molar-refractivity contribution is -0.140. The third-order valence-electron chi connectivity index (χ3n) is 3.04. The molecule has 0 aliphatic carbocycles. The van der Waals surface area contributed by atoms with Gasteiger partial charge in [-0.15, -0.1) is 0 Å². The van der Waals surface area contributed by atoms with Crippen molar-refractivity contribution in [1.29, 1.82) is 0 Å². The molecule has 2 rings (SSSR count). The lowest BCUT2D eigenvalue weighted by Gasteiger charge is -2.21. The van der Waals surface area contributed by atoms with Gasteiger partial charge in [0.1, 0.15) is 5.82 Å². The van der Waals surface area contributed by atoms with Gasteiger partial charge < -0.3 is 4.90 Å². The van der Waals surface area contributed by atoms with Crippen molar-refractivity contribution in [2.45, 2.75) is 13.1 Å². The normalized spacial score (nSPS) is 11.3. The van der Waals surface area contributed by atoms with Crippen molar-refractivity contribution in [3.05, 3.63) is 59.7 Å². The van der Waals surface area contributed by atoms with Gasteiger partial charge in [0, 0.05) is 18.3 Å². The van der Waals surface area contributed by atoms with Gasteiger partial charge >= 0.3 is 6.18 Å². The number of benzene rings is 1. The Hall–Kier alpha value is -2.44. The number of pyridine rings is 1. The summed E-state index contributed by atoms with van der Waals surface area (Å²) in [5.74, 6) is -2.06. The quantitative estimate of drug-likeness (QED) is 0.805. The van der Waals surface area contributed by atoms with Crippen LogP contribution in [0.4, 0.5) is 23.2 Å². The lowest BCUT2D eigenvalue weighted by atomic mass is 10.1. The van der Waals surface area contributed by atoms with Crippen LogP contribution < -0.4 is 4.90 Å². The molecule has 1 amide bonds. The average molecular weight is 312 g/mol. The van der Waals surface area contributed by atoms with Crippen molar-refractivity contribution in [1.82, 2.24) is 4.98 Å². The molecule has 0 aliphatic heterocycles. The van der Waals surface area contributed by atoms with Crippen molar-refractivity contribution < 1.29 is 22.4 Å². The van der Waals surface area contributed by atoms with Crippen molar-refractivity contribution >= 4 is 11.6 Å². The summed E-state index contributed by atoms with van der Waals surface area (Å²) in [6.45, 7) is 1.92. The van der Waals surface area contributed by atoms with Gasteiger partial charge in [-0.05, 0) is 37.3 Å². The molecule has 0 radical (unpaired) electrons. The van der Waals surface area contributed by atoms with E-state index in [1.165, 1.54) is 17.3 Å². The zero-order valence-electron chi connectivity index (χ0n) is 11.6. The maximum absolute atomic E-state index is 13.3. The van der Waals surface area contributed by atoms with E-state index in [2.05, 4.69) is 4.98 Å². The fourth-order valence-electron chi connectivity index (χ4n) is 1.99. The van der Waals surface area contributed by atoms with Gasteiger partial charge in [0.05, 0.1) is 17.4 Å². The first-order valence-electron chi connectivity index (χ1n) is 6.43. The third-order valence-corrected chi connectivity index (χ3v) is 3.04. The van der Waals surface area contributed by atoms with Crippen LogP contribution in [0.15, 0.2) is 42.7 Å². The molecule has 2 aromatic rings. The van der Waals surface area contributed by atoms with E-state index in [0.717, 1.165) is 6.07 Å². The number of nitrogens with zero attached hydrogens (tertiary/aromatic N) is 2. The fourth-order valence-corrected chi connectivity index (χ4v) is 1.99. The summed E-state index contributed by atoms with van der Waals surface area (Å²) in [6.07, 6.45) is -1.91. The summed E-state index contributed by atoms with van der Waals surface area (Å²) in [5, 5.41) is 0. The highest BCUT2D eigenvalue weighted by atomic mass is 19.4. The van der Waals surface area contributed by atoms with E-state index in [-0.39, 0.29) is 12.1 Å². The minimum Gasteiger partial charge on any atom is -0.307 e. The van der Waals surface area contributed by atoms with Crippen molar-refractivity contribution in [3.8, 4) is 0 Å². The number of carbonyl (C=O) groups is 1. The first kappa shape index (κ1) is 15.9. The molecule has 116 valence electrons. The van der Waals surface area contributed by atoms with E-state index < -0.39 is 23.5 Å². The Bertz CT molecular complexity index is 671. The molecular formula is C15H12F4N2O. The highest BCUT2D eigenvalue weighted by molar-refractivity contribution is 6.06. The number of alkyl halides is 3. The summed E-state index contributed by atoms with van der Waals surface area (Å²) in [6, 6.07) is 5.43. The maximum Gasteiger partial charge on any atom is 0.419 e. The van der Waals surface area contributed by atoms with Crippen LogP contribution in [0.5, 0.6) is 0 Å². The molecule has 1 heterocycles. The Balaban J connectivity index is 2.41. The molecule has 0 aliphatic rings. The molecule has 1 aromatic heterocycles. The van der Waals surface area contributed by atoms with Crippen LogP contribution in [0.3, 0.4) is 0 Å². The van der Waals surface area contributed by atoms with Gasteiger partial charge in [0.15, 0.2) is 0 Å². The van der Waals surface area contributed by atoms with Gasteiger partial charge in [-0.25, -0.2) is 4.39 Å². The minimum absolute atomic E-state index is 0.237. The van der Waals surface area contributed by atoms with Crippen LogP contribution in [0, 0.1) is 5.82 Å². The molecule has 0 bridgehead atoms. The van der Waals surface area contributed by atoms with Crippen LogP contribution in [0.2, 0.25) is 0 Å². The van der Waals surface area contributed by atoms with Gasteiger partial charge in [-0.1, -0.05) is 0 Å². The van der Waals surface area contributed by atoms with E-state index in [9.17, 15) is 22.4 Å². The third kappa shape index (κ3) is 3.24. The molecular weight excluding hydrogens is 300 g/mol. The van der Waals surface area contributed by atoms with E-state index in [0.29, 0.717) is 17.8 Å². The minimum atomic E-state index is -4.86. The number of hydrogen-bond donors (Lipinski definition) is 0. The molecule has 0 atom stereocenters. The standard InChI is InChI=1S/C15H12F4N2O/c1-2-21(11-4-3-7-20-9-11)14(22)10-5-6-13(16)12(8-10)15(17,18)19/h3-9H,2H2,1H3. The number of hydrogen-bond acceptors (Lipinski definition) is 2. The highest BCUT2D eigenvalue weighted by Crippen LogP contribution is 2.32. The molecule has 0 saturated carbocycles. The second-order valence-corrected chi connectivity index (χ2v) is 4.45. The van der Waals surface area contributed by atoms with Crippen LogP contribution >= 0.6 is 0 Å². The van der Waals surface area contributed by atoms with Crippen LogP contribution in [-0.2, 0) is 6.18 Å². The Kier molecular flexibility index (Phi) is 4.44. The zero-order valence-corrected chi connectivity index (χ0v) is 11.6. The number of halogens is 4. The Labute approximate surface area is 124 Å². The fraction of sp³-hybridized carbons (Fsp3) is 0.200. The number of carbonyl (C=O) groups excluding carboxylic acids is 1. The van der Waals surface area contributed by atoms with E-state index in [1.807, 2.05) is 0 Å². The predicted molar refractivity (Wildman–Crippen MR) is 73.0 cm³/mol. The number of anilines is 1. The molecule has 22 heavy (non-hydrogen) atoms. The van der Waals surface area contributed by atoms with Gasteiger partial charge in [0.2, 0.25) is 0 Å². The van der Waals surface area contributed by atoms with Crippen molar-refractivity contribution in [3.63, 3.8) is 0 Å². The molecule has 0 fully saturated rings. The second kappa shape index (κ2) is 6.13. The molecule has 7 heteroatoms. The Morgan fingerprint density at radius 1 is 1.27 bits per heavy atom. The van der Waals surface area contributed by atoms with Crippen LogP contribution in [0.25, 0.3) is 0 Å². The SMILES string of the molecule is CCN(C(=O)c1ccc(F)c(C(F)(F)F)c1)c1cccnc1. The van der Waals surface area contributed by atoms with Gasteiger partial charge in [-0.3, -0.25) is 9.78 Å². The first-order chi connectivity index (χ1) is 10.3. The smallest absolute Gasteiger partial charge is 0.307 e. The van der Waals surface area contributed by atoms with E-state index >= 15 is 0 Å². The van der Waals surface area contributed by atoms with Crippen LogP contribution in [0.1, 0.15) is 22.8 Å². The molecule has 1 aromatic carbocycles. The summed E-state index contributed by atoms with van der Waals surface area (Å²) < 4.78 is 51.4. The van der Waals surface area contributed by atoms with Crippen LogP contribution in [-0.4, -0.2) is 17.4 Å². The van der Waals surface area contributed by atoms with E-state index in [4.69, 9.17) is 0 Å². The summed E-state index contributed by atoms with van der Waals surface area (Å²) in [5.41, 5.74) is -1.24. The Morgan fingerprint density at radius 2 is 2.00 bits per heavy atom. The van der Waals surface area contributed by atoms with Gasteiger partial charge in [-0.2, -0.15) is 13.2 Å². The Morgan fingerprint density at radius 3 is 2.55 bits per heavy atom. The summed E-state index contributed by atoms with van der Waals surface area (Å²) >= 11 is 0. The molecule has 0 unspecified atom stereocenters. The average Bonchev–Trinajstić information content (AvgIpc) is 2.48. The number of aromatic nitrogens is 1. The molecule has 0 N–H and O–H groups in total. The van der Waals surface area contributed by atoms with Crippen molar-refractivity contribution in [2.75, 3.05) is 11.4 Å². The van der Waals surface area contributed by atoms with E-state index in [1.54, 1.807) is 19.1 Å². The second-order valence-electron chi connectivity index (χ2n) is 4.45. The summed E-state index contributed by atoms with van der Waals surface area (Å²) in [4.78, 5) is 17.5. The van der Waals surface area contributed by atoms with Crippen molar-refractivity contribution in [2.24, 2.45) is 0 Å². The lowest BCUT2D eigenvalue weighted by Crippen LogP contribution is -2.31. The van der Waals surface area contributed by atoms with Gasteiger partial charge in [0.25, 0.3) is 5.91 Å². The predicted octanol–water partition coefficient (Wildman–Crippen LogP) is 3.91. The molecule has 0 spiro atoms. The zero-order chi connectivity index (χ0) is 16.3.